The van der Waals surface area contributed by atoms with Crippen molar-refractivity contribution in [2.45, 2.75) is 89.7 Å². The van der Waals surface area contributed by atoms with Gasteiger partial charge in [0.1, 0.15) is 0 Å². The molecule has 0 aromatic heterocycles. The molecule has 2 rings (SSSR count). The molecule has 0 amide bonds. The van der Waals surface area contributed by atoms with Gasteiger partial charge in [-0.3, -0.25) is 0 Å². The Kier molecular flexibility index (Phi) is 5.30. The van der Waals surface area contributed by atoms with Crippen molar-refractivity contribution in [2.24, 2.45) is 5.92 Å². The molecule has 0 spiro atoms. The molecule has 2 fully saturated rings. The van der Waals surface area contributed by atoms with Crippen LogP contribution in [0.15, 0.2) is 0 Å². The van der Waals surface area contributed by atoms with E-state index in [1.54, 1.807) is 0 Å². The fraction of sp³-hybridized carbons (Fsp3) is 1.00. The second kappa shape index (κ2) is 6.58. The van der Waals surface area contributed by atoms with Crippen LogP contribution < -0.4 is 5.32 Å². The highest BCUT2D eigenvalue weighted by atomic mass is 16.5. The molecule has 0 unspecified atom stereocenters. The van der Waals surface area contributed by atoms with Crippen molar-refractivity contribution in [2.75, 3.05) is 13.2 Å². The summed E-state index contributed by atoms with van der Waals surface area (Å²) in [5.41, 5.74) is 0.317. The lowest BCUT2D eigenvalue weighted by molar-refractivity contribution is -0.0600. The first-order valence-corrected chi connectivity index (χ1v) is 8.38. The van der Waals surface area contributed by atoms with Crippen LogP contribution in [0.3, 0.4) is 0 Å². The largest absolute Gasteiger partial charge is 0.374 e. The Balaban J connectivity index is 1.85. The van der Waals surface area contributed by atoms with Crippen molar-refractivity contribution in [3.8, 4) is 0 Å². The number of hydrogen-bond acceptors (Lipinski definition) is 2. The van der Waals surface area contributed by atoms with E-state index >= 15 is 0 Å². The molecule has 2 heteroatoms. The summed E-state index contributed by atoms with van der Waals surface area (Å²) in [6, 6.07) is 0. The quantitative estimate of drug-likeness (QED) is 0.725. The maximum absolute atomic E-state index is 6.43. The van der Waals surface area contributed by atoms with E-state index in [0.717, 1.165) is 19.1 Å². The highest BCUT2D eigenvalue weighted by Crippen LogP contribution is 2.35. The van der Waals surface area contributed by atoms with Gasteiger partial charge in [0.05, 0.1) is 5.60 Å². The second-order valence-corrected chi connectivity index (χ2v) is 7.78. The molecule has 2 saturated carbocycles. The zero-order chi connectivity index (χ0) is 13.8. The van der Waals surface area contributed by atoms with Crippen molar-refractivity contribution < 1.29 is 4.74 Å². The van der Waals surface area contributed by atoms with Gasteiger partial charge in [-0.25, -0.2) is 0 Å². The van der Waals surface area contributed by atoms with Crippen molar-refractivity contribution in [3.63, 3.8) is 0 Å². The van der Waals surface area contributed by atoms with Gasteiger partial charge < -0.3 is 10.1 Å². The molecular weight excluding hydrogens is 234 g/mol. The molecule has 0 aliphatic heterocycles. The van der Waals surface area contributed by atoms with Gasteiger partial charge in [-0.15, -0.1) is 0 Å². The van der Waals surface area contributed by atoms with Crippen LogP contribution in [0.1, 0.15) is 78.6 Å². The first kappa shape index (κ1) is 15.3. The molecule has 112 valence electrons. The highest BCUT2D eigenvalue weighted by molar-refractivity contribution is 4.88. The minimum atomic E-state index is 0.124. The maximum Gasteiger partial charge on any atom is 0.0806 e. The predicted octanol–water partition coefficient (Wildman–Crippen LogP) is 4.28. The smallest absolute Gasteiger partial charge is 0.0806 e. The Labute approximate surface area is 119 Å². The van der Waals surface area contributed by atoms with Crippen molar-refractivity contribution in [3.05, 3.63) is 0 Å². The van der Waals surface area contributed by atoms with Crippen LogP contribution in [0, 0.1) is 5.92 Å². The molecule has 0 heterocycles. The van der Waals surface area contributed by atoms with Crippen LogP contribution in [0.25, 0.3) is 0 Å². The summed E-state index contributed by atoms with van der Waals surface area (Å²) in [6.45, 7) is 8.77. The average Bonchev–Trinajstić information content (AvgIpc) is 3.14. The molecule has 19 heavy (non-hydrogen) atoms. The Morgan fingerprint density at radius 1 is 1.05 bits per heavy atom. The van der Waals surface area contributed by atoms with Gasteiger partial charge in [-0.05, 0) is 46.0 Å². The second-order valence-electron chi connectivity index (χ2n) is 7.78. The number of rotatable bonds is 6. The van der Waals surface area contributed by atoms with E-state index < -0.39 is 0 Å². The molecule has 0 saturated heterocycles. The Morgan fingerprint density at radius 2 is 1.68 bits per heavy atom. The molecule has 0 atom stereocenters. The van der Waals surface area contributed by atoms with E-state index in [1.165, 1.54) is 57.8 Å². The molecule has 0 aromatic carbocycles. The first-order valence-electron chi connectivity index (χ1n) is 8.38. The minimum absolute atomic E-state index is 0.124. The third-order valence-electron chi connectivity index (χ3n) is 4.59. The number of ether oxygens (including phenoxy) is 1. The summed E-state index contributed by atoms with van der Waals surface area (Å²) in [7, 11) is 0. The minimum Gasteiger partial charge on any atom is -0.374 e. The zero-order valence-corrected chi connectivity index (χ0v) is 13.3. The van der Waals surface area contributed by atoms with Crippen LogP contribution in [-0.4, -0.2) is 24.3 Å². The van der Waals surface area contributed by atoms with Crippen LogP contribution >= 0.6 is 0 Å². The third-order valence-corrected chi connectivity index (χ3v) is 4.59. The van der Waals surface area contributed by atoms with Gasteiger partial charge in [0.25, 0.3) is 0 Å². The predicted molar refractivity (Wildman–Crippen MR) is 81.5 cm³/mol. The van der Waals surface area contributed by atoms with Gasteiger partial charge in [0.15, 0.2) is 0 Å². The van der Waals surface area contributed by atoms with Crippen LogP contribution in [0.2, 0.25) is 0 Å². The van der Waals surface area contributed by atoms with Gasteiger partial charge in [-0.1, -0.05) is 38.5 Å². The topological polar surface area (TPSA) is 21.3 Å². The lowest BCUT2D eigenvalue weighted by atomic mass is 9.92. The number of nitrogens with one attached hydrogen (secondary N) is 1. The number of hydrogen-bond donors (Lipinski definition) is 1. The van der Waals surface area contributed by atoms with E-state index in [9.17, 15) is 0 Å². The molecule has 0 aromatic rings. The van der Waals surface area contributed by atoms with Crippen LogP contribution in [0.4, 0.5) is 0 Å². The average molecular weight is 267 g/mol. The SMILES string of the molecule is CC(C)(C)NCC1(OCCC2CC2)CCCCCC1. The third kappa shape index (κ3) is 5.83. The Hall–Kier alpha value is -0.0800. The van der Waals surface area contributed by atoms with E-state index in [1.807, 2.05) is 0 Å². The van der Waals surface area contributed by atoms with Gasteiger partial charge >= 0.3 is 0 Å². The van der Waals surface area contributed by atoms with E-state index in [-0.39, 0.29) is 11.1 Å². The Bertz CT molecular complexity index is 257. The fourth-order valence-corrected chi connectivity index (χ4v) is 3.02. The summed E-state index contributed by atoms with van der Waals surface area (Å²) in [5, 5.41) is 3.69. The van der Waals surface area contributed by atoms with E-state index in [2.05, 4.69) is 26.1 Å². The van der Waals surface area contributed by atoms with E-state index in [0.29, 0.717) is 0 Å². The molecule has 2 nitrogen and oxygen atoms in total. The first-order chi connectivity index (χ1) is 8.99. The standard InChI is InChI=1S/C17H33NO/c1-16(2,3)18-14-17(11-6-4-5-7-12-17)19-13-10-15-8-9-15/h15,18H,4-14H2,1-3H3. The normalized spacial score (nSPS) is 24.2. The van der Waals surface area contributed by atoms with E-state index in [4.69, 9.17) is 4.74 Å². The fourth-order valence-electron chi connectivity index (χ4n) is 3.02. The summed E-state index contributed by atoms with van der Waals surface area (Å²) in [4.78, 5) is 0. The highest BCUT2D eigenvalue weighted by Gasteiger charge is 2.33. The molecular formula is C17H33NO. The lowest BCUT2D eigenvalue weighted by Gasteiger charge is -2.36. The zero-order valence-electron chi connectivity index (χ0n) is 13.3. The monoisotopic (exact) mass is 267 g/mol. The molecule has 2 aliphatic rings. The molecule has 1 N–H and O–H groups in total. The molecule has 2 aliphatic carbocycles. The van der Waals surface area contributed by atoms with Gasteiger partial charge in [0, 0.05) is 18.7 Å². The lowest BCUT2D eigenvalue weighted by Crippen LogP contribution is -2.49. The van der Waals surface area contributed by atoms with Gasteiger partial charge in [-0.2, -0.15) is 0 Å². The molecule has 0 radical (unpaired) electrons. The molecule has 0 bridgehead atoms. The van der Waals surface area contributed by atoms with Crippen molar-refractivity contribution in [1.29, 1.82) is 0 Å². The summed E-state index contributed by atoms with van der Waals surface area (Å²) in [5.74, 6) is 0.985. The van der Waals surface area contributed by atoms with Gasteiger partial charge in [0.2, 0.25) is 0 Å². The summed E-state index contributed by atoms with van der Waals surface area (Å²) in [6.07, 6.45) is 12.1. The summed E-state index contributed by atoms with van der Waals surface area (Å²) >= 11 is 0. The van der Waals surface area contributed by atoms with Crippen molar-refractivity contribution >= 4 is 0 Å². The maximum atomic E-state index is 6.43. The Morgan fingerprint density at radius 3 is 2.21 bits per heavy atom. The summed E-state index contributed by atoms with van der Waals surface area (Å²) < 4.78 is 6.43. The van der Waals surface area contributed by atoms with Crippen molar-refractivity contribution in [1.82, 2.24) is 5.32 Å². The van der Waals surface area contributed by atoms with Crippen LogP contribution in [-0.2, 0) is 4.74 Å². The van der Waals surface area contributed by atoms with Crippen LogP contribution in [0.5, 0.6) is 0 Å².